The predicted molar refractivity (Wildman–Crippen MR) is 68.5 cm³/mol. The van der Waals surface area contributed by atoms with Gasteiger partial charge in [0.25, 0.3) is 0 Å². The fraction of sp³-hybridized carbons (Fsp3) is 0.538. The summed E-state index contributed by atoms with van der Waals surface area (Å²) in [4.78, 5) is 0. The molecule has 96 valence electrons. The van der Waals surface area contributed by atoms with E-state index in [2.05, 4.69) is 9.24 Å². The number of benzene rings is 1. The van der Waals surface area contributed by atoms with Crippen molar-refractivity contribution in [3.05, 3.63) is 34.4 Å². The highest BCUT2D eigenvalue weighted by Gasteiger charge is 2.33. The molecule has 17 heavy (non-hydrogen) atoms. The third-order valence-electron chi connectivity index (χ3n) is 3.22. The third kappa shape index (κ3) is 3.01. The van der Waals surface area contributed by atoms with Crippen LogP contribution in [0.1, 0.15) is 41.5 Å². The first-order valence-electron chi connectivity index (χ1n) is 5.70. The van der Waals surface area contributed by atoms with E-state index in [4.69, 9.17) is 0 Å². The van der Waals surface area contributed by atoms with E-state index in [-0.39, 0.29) is 5.92 Å². The quantitative estimate of drug-likeness (QED) is 0.693. The Balaban J connectivity index is 3.39. The molecule has 0 radical (unpaired) electrons. The van der Waals surface area contributed by atoms with Gasteiger partial charge in [0.2, 0.25) is 0 Å². The summed E-state index contributed by atoms with van der Waals surface area (Å²) in [5.74, 6) is 0.183. The molecule has 0 spiro atoms. The number of halogens is 3. The van der Waals surface area contributed by atoms with Gasteiger partial charge in [-0.3, -0.25) is 0 Å². The second kappa shape index (κ2) is 5.39. The van der Waals surface area contributed by atoms with Gasteiger partial charge in [0.1, 0.15) is 0 Å². The van der Waals surface area contributed by atoms with Crippen LogP contribution >= 0.6 is 9.24 Å². The lowest BCUT2D eigenvalue weighted by Crippen LogP contribution is -2.12. The summed E-state index contributed by atoms with van der Waals surface area (Å²) in [6.45, 7) is 5.47. The third-order valence-corrected chi connectivity index (χ3v) is 3.79. The molecular weight excluding hydrogens is 244 g/mol. The molecule has 0 saturated heterocycles. The van der Waals surface area contributed by atoms with E-state index in [9.17, 15) is 13.2 Å². The van der Waals surface area contributed by atoms with Crippen molar-refractivity contribution in [3.63, 3.8) is 0 Å². The van der Waals surface area contributed by atoms with E-state index in [1.807, 2.05) is 13.8 Å². The zero-order valence-corrected chi connectivity index (χ0v) is 11.5. The first kappa shape index (κ1) is 14.5. The fourth-order valence-electron chi connectivity index (χ4n) is 2.29. The summed E-state index contributed by atoms with van der Waals surface area (Å²) in [5, 5.41) is 0. The minimum atomic E-state index is -4.26. The van der Waals surface area contributed by atoms with Crippen LogP contribution in [0.2, 0.25) is 0 Å². The zero-order valence-electron chi connectivity index (χ0n) is 10.4. The van der Waals surface area contributed by atoms with Gasteiger partial charge < -0.3 is 0 Å². The molecule has 0 saturated carbocycles. The summed E-state index contributed by atoms with van der Waals surface area (Å²) in [6.07, 6.45) is -2.61. The Morgan fingerprint density at radius 1 is 1.24 bits per heavy atom. The van der Waals surface area contributed by atoms with E-state index >= 15 is 0 Å². The van der Waals surface area contributed by atoms with Gasteiger partial charge in [-0.1, -0.05) is 13.0 Å². The van der Waals surface area contributed by atoms with Crippen molar-refractivity contribution in [3.8, 4) is 0 Å². The molecule has 1 aromatic rings. The van der Waals surface area contributed by atoms with Gasteiger partial charge in [-0.05, 0) is 55.1 Å². The van der Waals surface area contributed by atoms with Crippen LogP contribution < -0.4 is 0 Å². The average molecular weight is 262 g/mol. The minimum absolute atomic E-state index is 0.183. The molecule has 0 aliphatic rings. The second-order valence-electron chi connectivity index (χ2n) is 4.31. The molecule has 0 bridgehead atoms. The van der Waals surface area contributed by atoms with Gasteiger partial charge in [-0.15, -0.1) is 9.24 Å². The Morgan fingerprint density at radius 3 is 2.24 bits per heavy atom. The van der Waals surface area contributed by atoms with Gasteiger partial charge in [-0.2, -0.15) is 13.2 Å². The Kier molecular flexibility index (Phi) is 4.60. The lowest BCUT2D eigenvalue weighted by molar-refractivity contribution is -0.138. The maximum Gasteiger partial charge on any atom is 0.416 e. The van der Waals surface area contributed by atoms with Crippen LogP contribution in [0.4, 0.5) is 13.2 Å². The minimum Gasteiger partial charge on any atom is -0.166 e. The highest BCUT2D eigenvalue weighted by molar-refractivity contribution is 7.16. The first-order valence-corrected chi connectivity index (χ1v) is 6.51. The number of alkyl halides is 3. The number of aryl methyl sites for hydroxylation is 1. The summed E-state index contributed by atoms with van der Waals surface area (Å²) in [5.41, 5.74) is 1.68. The van der Waals surface area contributed by atoms with E-state index in [1.165, 1.54) is 6.07 Å². The highest BCUT2D eigenvalue weighted by Crippen LogP contribution is 2.37. The number of hydrogen-bond acceptors (Lipinski definition) is 0. The van der Waals surface area contributed by atoms with Crippen LogP contribution in [0.5, 0.6) is 0 Å². The van der Waals surface area contributed by atoms with Crippen LogP contribution in [-0.4, -0.2) is 6.16 Å². The van der Waals surface area contributed by atoms with Crippen molar-refractivity contribution >= 4 is 9.24 Å². The largest absolute Gasteiger partial charge is 0.416 e. The monoisotopic (exact) mass is 262 g/mol. The van der Waals surface area contributed by atoms with Crippen LogP contribution in [0, 0.1) is 13.8 Å². The lowest BCUT2D eigenvalue weighted by atomic mass is 9.87. The van der Waals surface area contributed by atoms with Crippen LogP contribution in [0.25, 0.3) is 0 Å². The predicted octanol–water partition coefficient (Wildman–Crippen LogP) is 4.69. The van der Waals surface area contributed by atoms with Gasteiger partial charge in [-0.25, -0.2) is 0 Å². The number of rotatable bonds is 3. The summed E-state index contributed by atoms with van der Waals surface area (Å²) in [6, 6.07) is 2.76. The molecule has 0 aromatic heterocycles. The van der Waals surface area contributed by atoms with E-state index < -0.39 is 11.7 Å². The Morgan fingerprint density at radius 2 is 1.82 bits per heavy atom. The molecule has 0 aliphatic carbocycles. The number of hydrogen-bond donors (Lipinski definition) is 0. The van der Waals surface area contributed by atoms with Gasteiger partial charge >= 0.3 is 6.18 Å². The lowest BCUT2D eigenvalue weighted by Gasteiger charge is -2.22. The molecule has 2 unspecified atom stereocenters. The Labute approximate surface area is 103 Å². The van der Waals surface area contributed by atoms with Crippen molar-refractivity contribution in [1.29, 1.82) is 0 Å². The molecular formula is C13H18F3P. The van der Waals surface area contributed by atoms with Gasteiger partial charge in [0.05, 0.1) is 5.56 Å². The average Bonchev–Trinajstić information content (AvgIpc) is 2.22. The standard InChI is InChI=1S/C13H18F3P/c1-4-10(7-17)12-8(2)5-6-11(9(12)3)13(14,15)16/h5-6,10H,4,7,17H2,1-3H3. The van der Waals surface area contributed by atoms with E-state index in [1.54, 1.807) is 13.0 Å². The molecule has 0 aliphatic heterocycles. The van der Waals surface area contributed by atoms with Crippen molar-refractivity contribution < 1.29 is 13.2 Å². The molecule has 0 heterocycles. The molecule has 2 atom stereocenters. The topological polar surface area (TPSA) is 0 Å². The molecule has 0 amide bonds. The Hall–Kier alpha value is -0.560. The van der Waals surface area contributed by atoms with Gasteiger partial charge in [0, 0.05) is 0 Å². The van der Waals surface area contributed by atoms with Crippen molar-refractivity contribution in [2.75, 3.05) is 6.16 Å². The van der Waals surface area contributed by atoms with Gasteiger partial charge in [0.15, 0.2) is 0 Å². The van der Waals surface area contributed by atoms with E-state index in [0.717, 1.165) is 23.7 Å². The molecule has 1 aromatic carbocycles. The zero-order chi connectivity index (χ0) is 13.2. The first-order chi connectivity index (χ1) is 7.82. The highest BCUT2D eigenvalue weighted by atomic mass is 31.0. The van der Waals surface area contributed by atoms with Crippen LogP contribution in [0.15, 0.2) is 12.1 Å². The maximum atomic E-state index is 12.8. The normalized spacial score (nSPS) is 13.8. The molecule has 0 nitrogen and oxygen atoms in total. The maximum absolute atomic E-state index is 12.8. The fourth-order valence-corrected chi connectivity index (χ4v) is 2.86. The Bertz CT molecular complexity index is 392. The molecule has 1 rings (SSSR count). The summed E-state index contributed by atoms with van der Waals surface area (Å²) in [7, 11) is 2.62. The summed E-state index contributed by atoms with van der Waals surface area (Å²) >= 11 is 0. The van der Waals surface area contributed by atoms with Crippen molar-refractivity contribution in [2.45, 2.75) is 39.3 Å². The SMILES string of the molecule is CCC(CP)c1c(C)ccc(C(F)(F)F)c1C. The molecule has 0 fully saturated rings. The smallest absolute Gasteiger partial charge is 0.166 e. The molecule has 4 heteroatoms. The summed E-state index contributed by atoms with van der Waals surface area (Å²) < 4.78 is 38.5. The van der Waals surface area contributed by atoms with Crippen molar-refractivity contribution in [1.82, 2.24) is 0 Å². The van der Waals surface area contributed by atoms with Crippen LogP contribution in [0.3, 0.4) is 0 Å². The van der Waals surface area contributed by atoms with Crippen LogP contribution in [-0.2, 0) is 6.18 Å². The van der Waals surface area contributed by atoms with E-state index in [0.29, 0.717) is 5.56 Å². The van der Waals surface area contributed by atoms with Crippen molar-refractivity contribution in [2.24, 2.45) is 0 Å². The second-order valence-corrected chi connectivity index (χ2v) is 4.78. The molecule has 0 N–H and O–H groups in total.